The normalized spacial score (nSPS) is 20.1. The van der Waals surface area contributed by atoms with Crippen LogP contribution in [0.3, 0.4) is 0 Å². The number of nitrogens with one attached hydrogen (secondary N) is 1. The fourth-order valence-electron chi connectivity index (χ4n) is 2.28. The Labute approximate surface area is 112 Å². The molecule has 18 heavy (non-hydrogen) atoms. The van der Waals surface area contributed by atoms with Crippen molar-refractivity contribution in [2.24, 2.45) is 0 Å². The molecule has 0 aliphatic heterocycles. The maximum Gasteiger partial charge on any atom is 0.106 e. The van der Waals surface area contributed by atoms with E-state index in [0.717, 1.165) is 32.3 Å². The molecule has 1 aliphatic carbocycles. The third-order valence-electron chi connectivity index (χ3n) is 3.72. The van der Waals surface area contributed by atoms with E-state index >= 15 is 0 Å². The van der Waals surface area contributed by atoms with Gasteiger partial charge in [0.25, 0.3) is 0 Å². The highest BCUT2D eigenvalue weighted by molar-refractivity contribution is 5.09. The molecule has 3 nitrogen and oxygen atoms in total. The first kappa shape index (κ1) is 15.5. The summed E-state index contributed by atoms with van der Waals surface area (Å²) >= 11 is 0. The minimum absolute atomic E-state index is 0.321. The lowest BCUT2D eigenvalue weighted by molar-refractivity contribution is 0.0544. The zero-order valence-electron chi connectivity index (χ0n) is 12.2. The zero-order valence-corrected chi connectivity index (χ0v) is 12.2. The number of hydrogen-bond donors (Lipinski definition) is 1. The predicted molar refractivity (Wildman–Crippen MR) is 74.3 cm³/mol. The molecule has 0 aromatic heterocycles. The first-order chi connectivity index (χ1) is 8.65. The molecule has 104 valence electrons. The summed E-state index contributed by atoms with van der Waals surface area (Å²) in [5.74, 6) is 0. The van der Waals surface area contributed by atoms with Gasteiger partial charge in [-0.05, 0) is 45.4 Å². The Morgan fingerprint density at radius 2 is 2.17 bits per heavy atom. The predicted octanol–water partition coefficient (Wildman–Crippen LogP) is 3.40. The first-order valence-electron chi connectivity index (χ1n) is 7.46. The van der Waals surface area contributed by atoms with E-state index in [0.29, 0.717) is 12.1 Å². The minimum Gasteiger partial charge on any atom is -0.379 e. The van der Waals surface area contributed by atoms with E-state index in [-0.39, 0.29) is 5.54 Å². The Balaban J connectivity index is 2.23. The first-order valence-corrected chi connectivity index (χ1v) is 7.46. The maximum absolute atomic E-state index is 9.39. The van der Waals surface area contributed by atoms with Gasteiger partial charge < -0.3 is 4.74 Å². The average molecular weight is 252 g/mol. The van der Waals surface area contributed by atoms with Gasteiger partial charge in [0.05, 0.1) is 12.2 Å². The third-order valence-corrected chi connectivity index (χ3v) is 3.72. The molecular formula is C15H28N2O. The van der Waals surface area contributed by atoms with E-state index in [2.05, 4.69) is 32.2 Å². The van der Waals surface area contributed by atoms with E-state index in [9.17, 15) is 5.26 Å². The van der Waals surface area contributed by atoms with Crippen molar-refractivity contribution in [1.82, 2.24) is 5.32 Å². The highest BCUT2D eigenvalue weighted by atomic mass is 16.5. The van der Waals surface area contributed by atoms with Crippen LogP contribution in [-0.2, 0) is 4.74 Å². The minimum atomic E-state index is -0.321. The zero-order chi connectivity index (χ0) is 13.4. The number of nitriles is 1. The molecule has 0 spiro atoms. The lowest BCUT2D eigenvalue weighted by Crippen LogP contribution is -2.44. The van der Waals surface area contributed by atoms with Gasteiger partial charge in [0.2, 0.25) is 0 Å². The van der Waals surface area contributed by atoms with Crippen LogP contribution >= 0.6 is 0 Å². The second-order valence-corrected chi connectivity index (χ2v) is 5.54. The van der Waals surface area contributed by atoms with Crippen molar-refractivity contribution in [1.29, 1.82) is 5.26 Å². The summed E-state index contributed by atoms with van der Waals surface area (Å²) in [4.78, 5) is 0. The quantitative estimate of drug-likeness (QED) is 0.606. The summed E-state index contributed by atoms with van der Waals surface area (Å²) in [6.45, 7) is 7.18. The number of hydrogen-bond acceptors (Lipinski definition) is 3. The van der Waals surface area contributed by atoms with Crippen molar-refractivity contribution in [3.8, 4) is 6.07 Å². The second kappa shape index (κ2) is 7.76. The van der Waals surface area contributed by atoms with Crippen LogP contribution in [0.5, 0.6) is 0 Å². The Bertz CT molecular complexity index is 270. The molecule has 1 saturated carbocycles. The van der Waals surface area contributed by atoms with E-state index in [1.807, 2.05) is 0 Å². The van der Waals surface area contributed by atoms with Crippen LogP contribution in [0.15, 0.2) is 0 Å². The molecule has 0 heterocycles. The highest BCUT2D eigenvalue weighted by Crippen LogP contribution is 2.26. The second-order valence-electron chi connectivity index (χ2n) is 5.54. The van der Waals surface area contributed by atoms with E-state index in [1.165, 1.54) is 19.3 Å². The van der Waals surface area contributed by atoms with Gasteiger partial charge in [-0.2, -0.15) is 5.26 Å². The van der Waals surface area contributed by atoms with Gasteiger partial charge in [0.1, 0.15) is 5.54 Å². The van der Waals surface area contributed by atoms with E-state index in [4.69, 9.17) is 4.74 Å². The topological polar surface area (TPSA) is 45.0 Å². The number of rotatable bonds is 10. The molecule has 0 aromatic carbocycles. The van der Waals surface area contributed by atoms with Crippen molar-refractivity contribution >= 4 is 0 Å². The van der Waals surface area contributed by atoms with Crippen LogP contribution < -0.4 is 5.32 Å². The van der Waals surface area contributed by atoms with Crippen LogP contribution in [0.4, 0.5) is 0 Å². The Morgan fingerprint density at radius 3 is 2.67 bits per heavy atom. The molecule has 0 bridgehead atoms. The number of ether oxygens (including phenoxy) is 1. The van der Waals surface area contributed by atoms with Crippen molar-refractivity contribution in [3.05, 3.63) is 0 Å². The van der Waals surface area contributed by atoms with Crippen molar-refractivity contribution in [3.63, 3.8) is 0 Å². The molecular weight excluding hydrogens is 224 g/mol. The van der Waals surface area contributed by atoms with Gasteiger partial charge in [-0.25, -0.2) is 0 Å². The number of nitrogens with zero attached hydrogens (tertiary/aromatic N) is 1. The molecule has 3 heteroatoms. The molecule has 1 N–H and O–H groups in total. The smallest absolute Gasteiger partial charge is 0.106 e. The molecule has 0 radical (unpaired) electrons. The molecule has 0 saturated heterocycles. The Morgan fingerprint density at radius 1 is 1.44 bits per heavy atom. The summed E-state index contributed by atoms with van der Waals surface area (Å²) in [6.07, 6.45) is 7.85. The lowest BCUT2D eigenvalue weighted by Gasteiger charge is -2.27. The van der Waals surface area contributed by atoms with Crippen LogP contribution in [0.2, 0.25) is 0 Å². The van der Waals surface area contributed by atoms with Gasteiger partial charge in [-0.3, -0.25) is 5.32 Å². The molecule has 2 atom stereocenters. The molecule has 0 aromatic rings. The summed E-state index contributed by atoms with van der Waals surface area (Å²) in [6, 6.07) is 3.07. The molecule has 2 unspecified atom stereocenters. The summed E-state index contributed by atoms with van der Waals surface area (Å²) < 4.78 is 5.75. The van der Waals surface area contributed by atoms with Crippen LogP contribution in [0.25, 0.3) is 0 Å². The SMILES string of the molecule is CCCC(C)OCCCC(C#N)(CC)NC1CC1. The summed E-state index contributed by atoms with van der Waals surface area (Å²) in [5.41, 5.74) is -0.321. The molecule has 1 aliphatic rings. The van der Waals surface area contributed by atoms with Gasteiger partial charge in [-0.15, -0.1) is 0 Å². The molecule has 0 amide bonds. The average Bonchev–Trinajstić information content (AvgIpc) is 3.17. The van der Waals surface area contributed by atoms with Gasteiger partial charge in [0, 0.05) is 12.6 Å². The van der Waals surface area contributed by atoms with Gasteiger partial charge >= 0.3 is 0 Å². The molecule has 1 fully saturated rings. The largest absolute Gasteiger partial charge is 0.379 e. The maximum atomic E-state index is 9.39. The Hall–Kier alpha value is -0.590. The van der Waals surface area contributed by atoms with Gasteiger partial charge in [-0.1, -0.05) is 20.3 Å². The third kappa shape index (κ3) is 5.37. The van der Waals surface area contributed by atoms with E-state index in [1.54, 1.807) is 0 Å². The van der Waals surface area contributed by atoms with Crippen LogP contribution in [-0.4, -0.2) is 24.3 Å². The summed E-state index contributed by atoms with van der Waals surface area (Å²) in [5, 5.41) is 12.9. The van der Waals surface area contributed by atoms with Crippen molar-refractivity contribution in [2.45, 2.75) is 83.4 Å². The fraction of sp³-hybridized carbons (Fsp3) is 0.933. The highest BCUT2D eigenvalue weighted by Gasteiger charge is 2.34. The lowest BCUT2D eigenvalue weighted by atomic mass is 9.92. The fourth-order valence-corrected chi connectivity index (χ4v) is 2.28. The van der Waals surface area contributed by atoms with Crippen LogP contribution in [0, 0.1) is 11.3 Å². The van der Waals surface area contributed by atoms with E-state index < -0.39 is 0 Å². The van der Waals surface area contributed by atoms with Crippen LogP contribution in [0.1, 0.15) is 65.7 Å². The molecule has 1 rings (SSSR count). The van der Waals surface area contributed by atoms with Crippen molar-refractivity contribution in [2.75, 3.05) is 6.61 Å². The van der Waals surface area contributed by atoms with Gasteiger partial charge in [0.15, 0.2) is 0 Å². The van der Waals surface area contributed by atoms with Crippen molar-refractivity contribution < 1.29 is 4.74 Å². The summed E-state index contributed by atoms with van der Waals surface area (Å²) in [7, 11) is 0. The standard InChI is InChI=1S/C15H28N2O/c1-4-7-13(3)18-11-6-10-15(5-2,12-16)17-14-8-9-14/h13-14,17H,4-11H2,1-3H3. The monoisotopic (exact) mass is 252 g/mol. The Kier molecular flexibility index (Phi) is 6.67.